The van der Waals surface area contributed by atoms with Crippen LogP contribution in [0.4, 0.5) is 0 Å². The fourth-order valence-electron chi connectivity index (χ4n) is 3.01. The molecule has 2 N–H and O–H groups in total. The Balaban J connectivity index is 1.77. The Morgan fingerprint density at radius 2 is 1.88 bits per heavy atom. The largest absolute Gasteiger partial charge is 0.394 e. The Hall–Kier alpha value is -0.120. The summed E-state index contributed by atoms with van der Waals surface area (Å²) in [5, 5.41) is 13.1. The van der Waals surface area contributed by atoms with Gasteiger partial charge in [-0.2, -0.15) is 0 Å². The second kappa shape index (κ2) is 5.99. The molecule has 0 spiro atoms. The third-order valence-electron chi connectivity index (χ3n) is 4.24. The van der Waals surface area contributed by atoms with Gasteiger partial charge < -0.3 is 15.3 Å². The number of hydrogen-bond acceptors (Lipinski definition) is 3. The lowest BCUT2D eigenvalue weighted by Gasteiger charge is -2.39. The third kappa shape index (κ3) is 3.19. The van der Waals surface area contributed by atoms with Crippen molar-refractivity contribution < 1.29 is 5.11 Å². The first-order valence-electron chi connectivity index (χ1n) is 6.93. The van der Waals surface area contributed by atoms with Crippen LogP contribution in [0.25, 0.3) is 0 Å². The quantitative estimate of drug-likeness (QED) is 0.760. The first-order chi connectivity index (χ1) is 7.85. The molecule has 2 aliphatic rings. The van der Waals surface area contributed by atoms with Crippen LogP contribution in [0.5, 0.6) is 0 Å². The number of aliphatic hydroxyl groups excluding tert-OH is 1. The highest BCUT2D eigenvalue weighted by Gasteiger charge is 2.31. The fraction of sp³-hybridized carbons (Fsp3) is 1.00. The number of rotatable bonds is 4. The summed E-state index contributed by atoms with van der Waals surface area (Å²) in [6, 6.07) is 0. The van der Waals surface area contributed by atoms with Crippen molar-refractivity contribution in [1.82, 2.24) is 10.2 Å². The zero-order chi connectivity index (χ0) is 11.3. The highest BCUT2D eigenvalue weighted by Crippen LogP contribution is 2.23. The van der Waals surface area contributed by atoms with E-state index in [0.717, 1.165) is 25.9 Å². The van der Waals surface area contributed by atoms with Crippen molar-refractivity contribution in [2.45, 2.75) is 50.5 Å². The maximum Gasteiger partial charge on any atom is 0.0613 e. The highest BCUT2D eigenvalue weighted by molar-refractivity contribution is 4.91. The summed E-state index contributed by atoms with van der Waals surface area (Å²) in [6.07, 6.45) is 8.93. The van der Waals surface area contributed by atoms with Gasteiger partial charge in [-0.1, -0.05) is 12.8 Å². The molecule has 0 saturated carbocycles. The molecule has 1 unspecified atom stereocenters. The highest BCUT2D eigenvalue weighted by atomic mass is 16.3. The molecule has 2 aliphatic heterocycles. The molecule has 1 atom stereocenters. The first-order valence-corrected chi connectivity index (χ1v) is 6.93. The topological polar surface area (TPSA) is 35.5 Å². The van der Waals surface area contributed by atoms with Crippen LogP contribution in [0.15, 0.2) is 0 Å². The van der Waals surface area contributed by atoms with Gasteiger partial charge in [0.25, 0.3) is 0 Å². The van der Waals surface area contributed by atoms with E-state index in [1.54, 1.807) is 0 Å². The van der Waals surface area contributed by atoms with Crippen molar-refractivity contribution in [2.75, 3.05) is 32.8 Å². The third-order valence-corrected chi connectivity index (χ3v) is 4.24. The van der Waals surface area contributed by atoms with Crippen LogP contribution in [0, 0.1) is 0 Å². The Morgan fingerprint density at radius 3 is 2.50 bits per heavy atom. The number of aliphatic hydroxyl groups is 1. The number of nitrogens with one attached hydrogen (secondary N) is 1. The molecule has 2 heterocycles. The van der Waals surface area contributed by atoms with E-state index in [1.165, 1.54) is 45.2 Å². The molecule has 3 heteroatoms. The van der Waals surface area contributed by atoms with Crippen molar-refractivity contribution in [3.05, 3.63) is 0 Å². The summed E-state index contributed by atoms with van der Waals surface area (Å²) in [5.74, 6) is 0. The molecule has 16 heavy (non-hydrogen) atoms. The minimum Gasteiger partial charge on any atom is -0.394 e. The van der Waals surface area contributed by atoms with Crippen molar-refractivity contribution in [3.63, 3.8) is 0 Å². The van der Waals surface area contributed by atoms with E-state index >= 15 is 0 Å². The van der Waals surface area contributed by atoms with Crippen molar-refractivity contribution in [1.29, 1.82) is 0 Å². The zero-order valence-corrected chi connectivity index (χ0v) is 10.4. The molecule has 3 nitrogen and oxygen atoms in total. The Morgan fingerprint density at radius 1 is 1.06 bits per heavy atom. The molecule has 94 valence electrons. The van der Waals surface area contributed by atoms with Crippen LogP contribution in [0.1, 0.15) is 44.9 Å². The van der Waals surface area contributed by atoms with Gasteiger partial charge in [0.1, 0.15) is 0 Å². The van der Waals surface area contributed by atoms with Crippen LogP contribution in [-0.2, 0) is 0 Å². The van der Waals surface area contributed by atoms with E-state index in [9.17, 15) is 5.11 Å². The van der Waals surface area contributed by atoms with E-state index < -0.39 is 0 Å². The number of piperidine rings is 2. The van der Waals surface area contributed by atoms with Crippen molar-refractivity contribution in [2.24, 2.45) is 0 Å². The molecule has 2 saturated heterocycles. The Labute approximate surface area is 99.2 Å². The predicted molar refractivity (Wildman–Crippen MR) is 66.6 cm³/mol. The monoisotopic (exact) mass is 226 g/mol. The smallest absolute Gasteiger partial charge is 0.0613 e. The maximum absolute atomic E-state index is 9.59. The average Bonchev–Trinajstić information content (AvgIpc) is 2.39. The maximum atomic E-state index is 9.59. The van der Waals surface area contributed by atoms with Gasteiger partial charge in [0, 0.05) is 5.54 Å². The van der Waals surface area contributed by atoms with Crippen LogP contribution in [0.3, 0.4) is 0 Å². The molecular formula is C13H26N2O. The number of nitrogens with zero attached hydrogens (tertiary/aromatic N) is 1. The molecule has 0 aromatic rings. The SMILES string of the molecule is OCC1(CCN2CCCCC2)CCCCN1. The second-order valence-corrected chi connectivity index (χ2v) is 5.47. The van der Waals surface area contributed by atoms with E-state index in [1.807, 2.05) is 0 Å². The molecule has 0 bridgehead atoms. The summed E-state index contributed by atoms with van der Waals surface area (Å²) in [5.41, 5.74) is 0.0374. The minimum absolute atomic E-state index is 0.0374. The Kier molecular flexibility index (Phi) is 4.62. The summed E-state index contributed by atoms with van der Waals surface area (Å²) < 4.78 is 0. The number of hydrogen-bond donors (Lipinski definition) is 2. The normalized spacial score (nSPS) is 32.8. The van der Waals surface area contributed by atoms with Gasteiger partial charge in [0.15, 0.2) is 0 Å². The molecular weight excluding hydrogens is 200 g/mol. The summed E-state index contributed by atoms with van der Waals surface area (Å²) >= 11 is 0. The number of likely N-dealkylation sites (tertiary alicyclic amines) is 1. The minimum atomic E-state index is 0.0374. The summed E-state index contributed by atoms with van der Waals surface area (Å²) in [6.45, 7) is 5.08. The summed E-state index contributed by atoms with van der Waals surface area (Å²) in [4.78, 5) is 2.57. The van der Waals surface area contributed by atoms with E-state index in [4.69, 9.17) is 0 Å². The van der Waals surface area contributed by atoms with Crippen LogP contribution >= 0.6 is 0 Å². The van der Waals surface area contributed by atoms with Crippen LogP contribution < -0.4 is 5.32 Å². The summed E-state index contributed by atoms with van der Waals surface area (Å²) in [7, 11) is 0. The lowest BCUT2D eigenvalue weighted by atomic mass is 9.86. The van der Waals surface area contributed by atoms with Gasteiger partial charge in [-0.15, -0.1) is 0 Å². The zero-order valence-electron chi connectivity index (χ0n) is 10.4. The van der Waals surface area contributed by atoms with Gasteiger partial charge in [0.05, 0.1) is 6.61 Å². The van der Waals surface area contributed by atoms with Gasteiger partial charge in [-0.25, -0.2) is 0 Å². The Bertz CT molecular complexity index is 196. The second-order valence-electron chi connectivity index (χ2n) is 5.47. The standard InChI is InChI=1S/C13H26N2O/c16-12-13(6-2-3-8-14-13)7-11-15-9-4-1-5-10-15/h14,16H,1-12H2. The lowest BCUT2D eigenvalue weighted by molar-refractivity contribution is 0.104. The molecule has 0 amide bonds. The van der Waals surface area contributed by atoms with E-state index in [2.05, 4.69) is 10.2 Å². The van der Waals surface area contributed by atoms with Crippen LogP contribution in [0.2, 0.25) is 0 Å². The molecule has 2 fully saturated rings. The molecule has 0 aromatic carbocycles. The van der Waals surface area contributed by atoms with Gasteiger partial charge >= 0.3 is 0 Å². The lowest BCUT2D eigenvalue weighted by Crippen LogP contribution is -2.53. The first kappa shape index (κ1) is 12.3. The van der Waals surface area contributed by atoms with Gasteiger partial charge in [0.2, 0.25) is 0 Å². The van der Waals surface area contributed by atoms with E-state index in [-0.39, 0.29) is 5.54 Å². The van der Waals surface area contributed by atoms with Gasteiger partial charge in [-0.05, 0) is 58.3 Å². The molecule has 2 rings (SSSR count). The average molecular weight is 226 g/mol. The van der Waals surface area contributed by atoms with E-state index in [0.29, 0.717) is 6.61 Å². The van der Waals surface area contributed by atoms with Gasteiger partial charge in [-0.3, -0.25) is 0 Å². The van der Waals surface area contributed by atoms with Crippen LogP contribution in [-0.4, -0.2) is 48.3 Å². The molecule has 0 radical (unpaired) electrons. The predicted octanol–water partition coefficient (Wildman–Crippen LogP) is 1.37. The van der Waals surface area contributed by atoms with Crippen molar-refractivity contribution in [3.8, 4) is 0 Å². The molecule has 0 aliphatic carbocycles. The van der Waals surface area contributed by atoms with Crippen molar-refractivity contribution >= 4 is 0 Å². The molecule has 0 aromatic heterocycles. The fourth-order valence-corrected chi connectivity index (χ4v) is 3.01.